The maximum atomic E-state index is 5.70. The first kappa shape index (κ1) is 9.27. The van der Waals surface area contributed by atoms with Gasteiger partial charge in [0.25, 0.3) is 0 Å². The second-order valence-electron chi connectivity index (χ2n) is 3.89. The minimum Gasteiger partial charge on any atom is -0.489 e. The predicted octanol–water partition coefficient (Wildman–Crippen LogP) is 2.19. The quantitative estimate of drug-likeness (QED) is 0.766. The van der Waals surface area contributed by atoms with E-state index in [9.17, 15) is 0 Å². The van der Waals surface area contributed by atoms with Crippen molar-refractivity contribution in [1.82, 2.24) is 10.2 Å². The van der Waals surface area contributed by atoms with Gasteiger partial charge in [-0.2, -0.15) is 5.10 Å². The summed E-state index contributed by atoms with van der Waals surface area (Å²) in [5, 5.41) is 10.5. The SMILES string of the molecule is Cc1cc(-c2cccc3c2OCCN3)n[nH]1. The monoisotopic (exact) mass is 215 g/mol. The average Bonchev–Trinajstić information content (AvgIpc) is 2.75. The first-order chi connectivity index (χ1) is 7.84. The van der Waals surface area contributed by atoms with E-state index in [2.05, 4.69) is 15.5 Å². The molecule has 0 radical (unpaired) electrons. The van der Waals surface area contributed by atoms with Crippen molar-refractivity contribution < 1.29 is 4.74 Å². The summed E-state index contributed by atoms with van der Waals surface area (Å²) in [5.41, 5.74) is 4.06. The van der Waals surface area contributed by atoms with Crippen molar-refractivity contribution in [2.24, 2.45) is 0 Å². The zero-order chi connectivity index (χ0) is 11.0. The molecule has 82 valence electrons. The number of rotatable bonds is 1. The van der Waals surface area contributed by atoms with Gasteiger partial charge in [-0.3, -0.25) is 5.10 Å². The second kappa shape index (κ2) is 3.56. The summed E-state index contributed by atoms with van der Waals surface area (Å²) < 4.78 is 5.70. The maximum absolute atomic E-state index is 5.70. The van der Waals surface area contributed by atoms with Crippen molar-refractivity contribution >= 4 is 5.69 Å². The second-order valence-corrected chi connectivity index (χ2v) is 3.89. The van der Waals surface area contributed by atoms with E-state index >= 15 is 0 Å². The Hall–Kier alpha value is -1.97. The van der Waals surface area contributed by atoms with E-state index < -0.39 is 0 Å². The van der Waals surface area contributed by atoms with E-state index in [0.717, 1.165) is 34.9 Å². The van der Waals surface area contributed by atoms with Crippen LogP contribution in [0, 0.1) is 6.92 Å². The third kappa shape index (κ3) is 1.43. The van der Waals surface area contributed by atoms with Gasteiger partial charge in [-0.15, -0.1) is 0 Å². The van der Waals surface area contributed by atoms with Crippen LogP contribution in [0.5, 0.6) is 5.75 Å². The van der Waals surface area contributed by atoms with Crippen LogP contribution in [0.25, 0.3) is 11.3 Å². The average molecular weight is 215 g/mol. The summed E-state index contributed by atoms with van der Waals surface area (Å²) in [7, 11) is 0. The number of hydrogen-bond acceptors (Lipinski definition) is 3. The number of nitrogens with zero attached hydrogens (tertiary/aromatic N) is 1. The van der Waals surface area contributed by atoms with Gasteiger partial charge < -0.3 is 10.1 Å². The molecule has 2 aromatic rings. The summed E-state index contributed by atoms with van der Waals surface area (Å²) in [5.74, 6) is 0.903. The highest BCUT2D eigenvalue weighted by Crippen LogP contribution is 2.37. The number of fused-ring (bicyclic) bond motifs is 1. The molecule has 2 heterocycles. The van der Waals surface area contributed by atoms with Gasteiger partial charge in [0, 0.05) is 17.8 Å². The fraction of sp³-hybridized carbons (Fsp3) is 0.250. The van der Waals surface area contributed by atoms with Crippen LogP contribution in [0.3, 0.4) is 0 Å². The van der Waals surface area contributed by atoms with Crippen LogP contribution in [0.15, 0.2) is 24.3 Å². The largest absolute Gasteiger partial charge is 0.489 e. The minimum atomic E-state index is 0.702. The Morgan fingerprint density at radius 3 is 3.12 bits per heavy atom. The van der Waals surface area contributed by atoms with Crippen molar-refractivity contribution in [3.63, 3.8) is 0 Å². The van der Waals surface area contributed by atoms with Gasteiger partial charge >= 0.3 is 0 Å². The number of anilines is 1. The molecule has 0 amide bonds. The zero-order valence-electron chi connectivity index (χ0n) is 9.08. The van der Waals surface area contributed by atoms with Crippen molar-refractivity contribution in [3.8, 4) is 17.0 Å². The molecule has 1 aliphatic heterocycles. The molecule has 16 heavy (non-hydrogen) atoms. The first-order valence-electron chi connectivity index (χ1n) is 5.36. The molecular formula is C12H13N3O. The molecule has 0 atom stereocenters. The number of nitrogens with one attached hydrogen (secondary N) is 2. The van der Waals surface area contributed by atoms with Crippen molar-refractivity contribution in [3.05, 3.63) is 30.0 Å². The molecule has 0 aliphatic carbocycles. The summed E-state index contributed by atoms with van der Waals surface area (Å²) in [6.07, 6.45) is 0. The minimum absolute atomic E-state index is 0.702. The van der Waals surface area contributed by atoms with Crippen LogP contribution in [0.1, 0.15) is 5.69 Å². The molecule has 1 aromatic carbocycles. The smallest absolute Gasteiger partial charge is 0.151 e. The van der Waals surface area contributed by atoms with Crippen LogP contribution in [0.4, 0.5) is 5.69 Å². The summed E-state index contributed by atoms with van der Waals surface area (Å²) in [6, 6.07) is 8.09. The number of para-hydroxylation sites is 1. The van der Waals surface area contributed by atoms with Crippen LogP contribution in [-0.4, -0.2) is 23.3 Å². The van der Waals surface area contributed by atoms with E-state index in [4.69, 9.17) is 4.74 Å². The van der Waals surface area contributed by atoms with Crippen LogP contribution < -0.4 is 10.1 Å². The molecule has 4 nitrogen and oxygen atoms in total. The number of benzene rings is 1. The molecule has 0 fully saturated rings. The molecule has 3 rings (SSSR count). The van der Waals surface area contributed by atoms with E-state index in [1.165, 1.54) is 0 Å². The molecule has 2 N–H and O–H groups in total. The van der Waals surface area contributed by atoms with Gasteiger partial charge in [0.15, 0.2) is 5.75 Å². The van der Waals surface area contributed by atoms with Gasteiger partial charge in [0.2, 0.25) is 0 Å². The molecule has 1 aromatic heterocycles. The van der Waals surface area contributed by atoms with Crippen molar-refractivity contribution in [2.75, 3.05) is 18.5 Å². The Morgan fingerprint density at radius 2 is 2.31 bits per heavy atom. The number of H-pyrrole nitrogens is 1. The first-order valence-corrected chi connectivity index (χ1v) is 5.36. The van der Waals surface area contributed by atoms with Crippen LogP contribution >= 0.6 is 0 Å². The Labute approximate surface area is 93.6 Å². The maximum Gasteiger partial charge on any atom is 0.151 e. The highest BCUT2D eigenvalue weighted by atomic mass is 16.5. The van der Waals surface area contributed by atoms with Gasteiger partial charge in [-0.05, 0) is 25.1 Å². The summed E-state index contributed by atoms with van der Waals surface area (Å²) >= 11 is 0. The molecule has 0 saturated carbocycles. The fourth-order valence-corrected chi connectivity index (χ4v) is 1.93. The lowest BCUT2D eigenvalue weighted by atomic mass is 10.1. The van der Waals surface area contributed by atoms with Gasteiger partial charge in [0.05, 0.1) is 11.4 Å². The molecule has 0 spiro atoms. The molecule has 0 bridgehead atoms. The van der Waals surface area contributed by atoms with E-state index in [0.29, 0.717) is 6.61 Å². The molecule has 4 heteroatoms. The van der Waals surface area contributed by atoms with Crippen molar-refractivity contribution in [1.29, 1.82) is 0 Å². The van der Waals surface area contributed by atoms with Crippen LogP contribution in [-0.2, 0) is 0 Å². The molecule has 0 unspecified atom stereocenters. The normalized spacial score (nSPS) is 13.8. The number of aromatic amines is 1. The topological polar surface area (TPSA) is 49.9 Å². The van der Waals surface area contributed by atoms with Crippen LogP contribution in [0.2, 0.25) is 0 Å². The summed E-state index contributed by atoms with van der Waals surface area (Å²) in [4.78, 5) is 0. The Balaban J connectivity index is 2.13. The van der Waals surface area contributed by atoms with Gasteiger partial charge in [-0.25, -0.2) is 0 Å². The van der Waals surface area contributed by atoms with Gasteiger partial charge in [-0.1, -0.05) is 6.07 Å². The lowest BCUT2D eigenvalue weighted by Crippen LogP contribution is -2.18. The van der Waals surface area contributed by atoms with E-state index in [1.807, 2.05) is 31.2 Å². The predicted molar refractivity (Wildman–Crippen MR) is 62.7 cm³/mol. The zero-order valence-corrected chi connectivity index (χ0v) is 9.08. The Bertz CT molecular complexity index is 519. The fourth-order valence-electron chi connectivity index (χ4n) is 1.93. The molecule has 0 saturated heterocycles. The van der Waals surface area contributed by atoms with E-state index in [1.54, 1.807) is 0 Å². The third-order valence-corrected chi connectivity index (χ3v) is 2.66. The molecular weight excluding hydrogens is 202 g/mol. The Morgan fingerprint density at radius 1 is 1.38 bits per heavy atom. The highest BCUT2D eigenvalue weighted by molar-refractivity contribution is 5.76. The van der Waals surface area contributed by atoms with E-state index in [-0.39, 0.29) is 0 Å². The van der Waals surface area contributed by atoms with Gasteiger partial charge in [0.1, 0.15) is 6.61 Å². The number of aryl methyl sites for hydroxylation is 1. The lowest BCUT2D eigenvalue weighted by molar-refractivity contribution is 0.324. The standard InChI is InChI=1S/C12H13N3O/c1-8-7-11(15-14-8)9-3-2-4-10-12(9)16-6-5-13-10/h2-4,7,13H,5-6H2,1H3,(H,14,15). The number of aromatic nitrogens is 2. The Kier molecular flexibility index (Phi) is 2.06. The summed E-state index contributed by atoms with van der Waals surface area (Å²) in [6.45, 7) is 3.55. The molecule has 1 aliphatic rings. The third-order valence-electron chi connectivity index (χ3n) is 2.66. The van der Waals surface area contributed by atoms with Crippen molar-refractivity contribution in [2.45, 2.75) is 6.92 Å². The highest BCUT2D eigenvalue weighted by Gasteiger charge is 2.16. The number of hydrogen-bond donors (Lipinski definition) is 2. The number of ether oxygens (including phenoxy) is 1. The lowest BCUT2D eigenvalue weighted by Gasteiger charge is -2.20.